The van der Waals surface area contributed by atoms with Crippen LogP contribution in [0.2, 0.25) is 5.02 Å². The summed E-state index contributed by atoms with van der Waals surface area (Å²) in [7, 11) is 1.75. The quantitative estimate of drug-likeness (QED) is 0.638. The minimum atomic E-state index is -0.504. The number of hydrogen-bond acceptors (Lipinski definition) is 6. The van der Waals surface area contributed by atoms with Gasteiger partial charge in [0.1, 0.15) is 28.5 Å². The van der Waals surface area contributed by atoms with Crippen LogP contribution in [0, 0.1) is 5.82 Å². The summed E-state index contributed by atoms with van der Waals surface area (Å²) >= 11 is 6.52. The first-order valence-corrected chi connectivity index (χ1v) is 11.3. The van der Waals surface area contributed by atoms with E-state index in [9.17, 15) is 9.18 Å². The number of fused-ring (bicyclic) bond motifs is 1. The molecular weight excluding hydrogens is 441 g/mol. The molecule has 2 aromatic rings. The van der Waals surface area contributed by atoms with Gasteiger partial charge in [-0.2, -0.15) is 4.98 Å². The molecule has 1 aromatic heterocycles. The molecule has 2 aliphatic rings. The molecule has 8 nitrogen and oxygen atoms in total. The molecule has 1 atom stereocenters. The first-order chi connectivity index (χ1) is 15.3. The van der Waals surface area contributed by atoms with Crippen LogP contribution in [0.25, 0.3) is 11.0 Å². The Balaban J connectivity index is 1.37. The second-order valence-electron chi connectivity index (χ2n) is 8.55. The summed E-state index contributed by atoms with van der Waals surface area (Å²) in [6.45, 7) is 4.83. The van der Waals surface area contributed by atoms with E-state index in [2.05, 4.69) is 10.3 Å². The molecule has 2 fully saturated rings. The highest BCUT2D eigenvalue weighted by molar-refractivity contribution is 6.36. The number of benzene rings is 1. The van der Waals surface area contributed by atoms with Crippen molar-refractivity contribution in [2.75, 3.05) is 19.8 Å². The Bertz CT molecular complexity index is 972. The molecule has 32 heavy (non-hydrogen) atoms. The monoisotopic (exact) mass is 469 g/mol. The maximum absolute atomic E-state index is 14.7. The Hall–Kier alpha value is -2.10. The fourth-order valence-electron chi connectivity index (χ4n) is 4.05. The van der Waals surface area contributed by atoms with E-state index >= 15 is 0 Å². The van der Waals surface area contributed by atoms with Crippen molar-refractivity contribution in [3.63, 3.8) is 0 Å². The molecule has 0 spiro atoms. The second-order valence-corrected chi connectivity index (χ2v) is 8.93. The lowest BCUT2D eigenvalue weighted by Crippen LogP contribution is -2.38. The molecule has 1 amide bonds. The molecule has 0 unspecified atom stereocenters. The highest BCUT2D eigenvalue weighted by atomic mass is 35.5. The van der Waals surface area contributed by atoms with Gasteiger partial charge in [-0.25, -0.2) is 4.39 Å². The van der Waals surface area contributed by atoms with Crippen molar-refractivity contribution in [2.45, 2.75) is 63.9 Å². The largest absolute Gasteiger partial charge is 0.484 e. The molecule has 2 heterocycles. The molecule has 0 bridgehead atoms. The number of hydrogen-bond donors (Lipinski definition) is 1. The number of aromatic nitrogens is 2. The van der Waals surface area contributed by atoms with Gasteiger partial charge in [0.25, 0.3) is 6.01 Å². The molecule has 1 saturated carbocycles. The van der Waals surface area contributed by atoms with E-state index in [0.717, 1.165) is 25.7 Å². The van der Waals surface area contributed by atoms with Crippen LogP contribution in [0.5, 0.6) is 11.8 Å². The highest BCUT2D eigenvalue weighted by Crippen LogP contribution is 2.38. The van der Waals surface area contributed by atoms with Crippen LogP contribution in [0.4, 0.5) is 4.39 Å². The standard InChI is InChI=1S/C22H29ClFN3O5/c1-12(25-13(2)28)9-30-14-4-6-15(7-5-14)32-22-26-20-17(24)8-18(31-16-10-29-11-16)19(23)21(20)27(22)3/h8,12,14-16H,4-7,9-11H2,1-3H3,(H,25,28)/t12-,14?,15?/m0/s1. The summed E-state index contributed by atoms with van der Waals surface area (Å²) in [4.78, 5) is 15.5. The predicted octanol–water partition coefficient (Wildman–Crippen LogP) is 3.37. The van der Waals surface area contributed by atoms with Gasteiger partial charge < -0.3 is 24.3 Å². The molecule has 1 aromatic carbocycles. The summed E-state index contributed by atoms with van der Waals surface area (Å²) in [5.41, 5.74) is 0.606. The molecule has 10 heteroatoms. The third-order valence-corrected chi connectivity index (χ3v) is 6.15. The van der Waals surface area contributed by atoms with Gasteiger partial charge in [-0.15, -0.1) is 0 Å². The van der Waals surface area contributed by atoms with Crippen LogP contribution in [0.1, 0.15) is 39.5 Å². The minimum absolute atomic E-state index is 0.0215. The average Bonchev–Trinajstić information content (AvgIpc) is 3.04. The lowest BCUT2D eigenvalue weighted by Gasteiger charge is -2.29. The van der Waals surface area contributed by atoms with Crippen LogP contribution < -0.4 is 14.8 Å². The van der Waals surface area contributed by atoms with Crippen LogP contribution in [0.15, 0.2) is 6.07 Å². The smallest absolute Gasteiger partial charge is 0.297 e. The summed E-state index contributed by atoms with van der Waals surface area (Å²) in [5.74, 6) is -0.283. The van der Waals surface area contributed by atoms with E-state index in [0.29, 0.717) is 36.4 Å². The van der Waals surface area contributed by atoms with Crippen molar-refractivity contribution in [1.82, 2.24) is 14.9 Å². The molecule has 1 N–H and O–H groups in total. The van der Waals surface area contributed by atoms with Crippen molar-refractivity contribution in [3.8, 4) is 11.8 Å². The van der Waals surface area contributed by atoms with Gasteiger partial charge in [0.2, 0.25) is 5.91 Å². The Labute approximate surface area is 191 Å². The third kappa shape index (κ3) is 5.10. The zero-order valence-electron chi connectivity index (χ0n) is 18.5. The summed E-state index contributed by atoms with van der Waals surface area (Å²) < 4.78 is 39.3. The van der Waals surface area contributed by atoms with E-state index in [1.165, 1.54) is 13.0 Å². The normalized spacial score (nSPS) is 22.4. The zero-order chi connectivity index (χ0) is 22.8. The average molecular weight is 470 g/mol. The predicted molar refractivity (Wildman–Crippen MR) is 117 cm³/mol. The number of nitrogens with one attached hydrogen (secondary N) is 1. The van der Waals surface area contributed by atoms with E-state index < -0.39 is 5.82 Å². The molecular formula is C22H29ClFN3O5. The molecule has 1 aliphatic carbocycles. The van der Waals surface area contributed by atoms with E-state index in [1.54, 1.807) is 11.6 Å². The number of rotatable bonds is 8. The van der Waals surface area contributed by atoms with E-state index in [-0.39, 0.29) is 41.5 Å². The molecule has 1 aliphatic heterocycles. The maximum atomic E-state index is 14.7. The van der Waals surface area contributed by atoms with E-state index in [1.807, 2.05) is 6.92 Å². The van der Waals surface area contributed by atoms with Gasteiger partial charge in [0, 0.05) is 26.1 Å². The van der Waals surface area contributed by atoms with Crippen molar-refractivity contribution in [1.29, 1.82) is 0 Å². The maximum Gasteiger partial charge on any atom is 0.297 e. The van der Waals surface area contributed by atoms with Crippen LogP contribution in [0.3, 0.4) is 0 Å². The summed E-state index contributed by atoms with van der Waals surface area (Å²) in [5, 5.41) is 3.13. The lowest BCUT2D eigenvalue weighted by atomic mass is 9.95. The van der Waals surface area contributed by atoms with Gasteiger partial charge in [-0.3, -0.25) is 9.36 Å². The minimum Gasteiger partial charge on any atom is -0.484 e. The first kappa shape index (κ1) is 23.1. The van der Waals surface area contributed by atoms with Crippen molar-refractivity contribution in [2.24, 2.45) is 7.05 Å². The van der Waals surface area contributed by atoms with Crippen LogP contribution in [-0.4, -0.2) is 59.6 Å². The number of ether oxygens (including phenoxy) is 4. The first-order valence-electron chi connectivity index (χ1n) is 11.0. The van der Waals surface area contributed by atoms with Crippen molar-refractivity contribution in [3.05, 3.63) is 16.9 Å². The zero-order valence-corrected chi connectivity index (χ0v) is 19.3. The van der Waals surface area contributed by atoms with Crippen molar-refractivity contribution >= 4 is 28.5 Å². The number of imidazole rings is 1. The Morgan fingerprint density at radius 1 is 1.28 bits per heavy atom. The summed E-state index contributed by atoms with van der Waals surface area (Å²) in [6.07, 6.45) is 3.27. The summed E-state index contributed by atoms with van der Waals surface area (Å²) in [6, 6.07) is 1.57. The number of carbonyl (C=O) groups is 1. The molecule has 176 valence electrons. The number of nitrogens with zero attached hydrogens (tertiary/aromatic N) is 2. The van der Waals surface area contributed by atoms with Gasteiger partial charge in [0.05, 0.1) is 31.4 Å². The van der Waals surface area contributed by atoms with Crippen LogP contribution in [-0.2, 0) is 21.3 Å². The molecule has 0 radical (unpaired) electrons. The number of amides is 1. The highest BCUT2D eigenvalue weighted by Gasteiger charge is 2.28. The number of aryl methyl sites for hydroxylation is 1. The fourth-order valence-corrected chi connectivity index (χ4v) is 4.36. The van der Waals surface area contributed by atoms with Crippen molar-refractivity contribution < 1.29 is 28.1 Å². The second kappa shape index (κ2) is 9.80. The SMILES string of the molecule is CC(=O)N[C@@H](C)COC1CCC(Oc2nc3c(F)cc(OC4COC4)c(Cl)c3n2C)CC1. The van der Waals surface area contributed by atoms with E-state index in [4.69, 9.17) is 30.5 Å². The van der Waals surface area contributed by atoms with Gasteiger partial charge in [-0.05, 0) is 32.6 Å². The topological polar surface area (TPSA) is 83.8 Å². The van der Waals surface area contributed by atoms with Gasteiger partial charge in [-0.1, -0.05) is 11.6 Å². The Morgan fingerprint density at radius 3 is 2.59 bits per heavy atom. The molecule has 4 rings (SSSR count). The molecule has 1 saturated heterocycles. The fraction of sp³-hybridized carbons (Fsp3) is 0.636. The number of carbonyl (C=O) groups excluding carboxylic acids is 1. The Kier molecular flexibility index (Phi) is 7.07. The van der Waals surface area contributed by atoms with Gasteiger partial charge >= 0.3 is 0 Å². The number of halogens is 2. The lowest BCUT2D eigenvalue weighted by molar-refractivity contribution is -0.120. The Morgan fingerprint density at radius 2 is 1.97 bits per heavy atom. The van der Waals surface area contributed by atoms with Gasteiger partial charge in [0.15, 0.2) is 5.82 Å². The third-order valence-electron chi connectivity index (χ3n) is 5.79. The van der Waals surface area contributed by atoms with Crippen LogP contribution >= 0.6 is 11.6 Å².